The third kappa shape index (κ3) is 3.99. The smallest absolute Gasteiger partial charge is 0.459 e. The predicted octanol–water partition coefficient (Wildman–Crippen LogP) is 4.94. The van der Waals surface area contributed by atoms with Gasteiger partial charge in [0.2, 0.25) is 0 Å². The van der Waals surface area contributed by atoms with Crippen LogP contribution >= 0.6 is 0 Å². The van der Waals surface area contributed by atoms with Gasteiger partial charge in [-0.3, -0.25) is 4.99 Å². The molecule has 1 aromatic carbocycles. The average Bonchev–Trinajstić information content (AvgIpc) is 2.37. The van der Waals surface area contributed by atoms with Gasteiger partial charge in [0.1, 0.15) is 12.3 Å². The van der Waals surface area contributed by atoms with Crippen LogP contribution in [0, 0.1) is 0 Å². The number of halogens is 7. The fraction of sp³-hybridized carbons (Fsp3) is 0.533. The average molecular weight is 359 g/mol. The van der Waals surface area contributed by atoms with Gasteiger partial charge in [0.15, 0.2) is 0 Å². The molecule has 0 atom stereocenters. The number of phenols is 1. The molecule has 0 aliphatic carbocycles. The monoisotopic (exact) mass is 359 g/mol. The maximum Gasteiger partial charge on any atom is 0.459 e. The lowest BCUT2D eigenvalue weighted by Crippen LogP contribution is -2.53. The van der Waals surface area contributed by atoms with Gasteiger partial charge < -0.3 is 5.11 Å². The fourth-order valence-corrected chi connectivity index (χ4v) is 1.84. The van der Waals surface area contributed by atoms with Crippen LogP contribution in [0.4, 0.5) is 30.7 Å². The van der Waals surface area contributed by atoms with Crippen molar-refractivity contribution in [3.8, 4) is 5.75 Å². The third-order valence-electron chi connectivity index (χ3n) is 3.21. The summed E-state index contributed by atoms with van der Waals surface area (Å²) in [6.45, 7) is 3.22. The van der Waals surface area contributed by atoms with Crippen molar-refractivity contribution in [3.63, 3.8) is 0 Å². The van der Waals surface area contributed by atoms with E-state index in [0.29, 0.717) is 11.8 Å². The zero-order chi connectivity index (χ0) is 19.0. The van der Waals surface area contributed by atoms with E-state index in [-0.39, 0.29) is 11.3 Å². The van der Waals surface area contributed by atoms with Gasteiger partial charge in [-0.15, -0.1) is 0 Å². The highest BCUT2D eigenvalue weighted by Crippen LogP contribution is 2.46. The molecule has 1 aromatic rings. The van der Waals surface area contributed by atoms with Gasteiger partial charge in [-0.05, 0) is 17.0 Å². The number of para-hydroxylation sites is 1. The molecule has 1 rings (SSSR count). The lowest BCUT2D eigenvalue weighted by atomic mass is 9.85. The number of hydrogen-bond acceptors (Lipinski definition) is 2. The molecule has 0 radical (unpaired) electrons. The summed E-state index contributed by atoms with van der Waals surface area (Å²) in [5, 5.41) is 10.0. The lowest BCUT2D eigenvalue weighted by Gasteiger charge is -2.26. The Hall–Kier alpha value is -1.80. The van der Waals surface area contributed by atoms with E-state index in [4.69, 9.17) is 0 Å². The Bertz CT molecular complexity index is 615. The van der Waals surface area contributed by atoms with E-state index < -0.39 is 30.0 Å². The van der Waals surface area contributed by atoms with Crippen LogP contribution in [0.2, 0.25) is 0 Å². The number of aliphatic imine (C=N–C) groups is 1. The van der Waals surface area contributed by atoms with Crippen LogP contribution in [0.25, 0.3) is 0 Å². The number of rotatable bonds is 4. The maximum absolute atomic E-state index is 13.1. The number of nitrogens with zero attached hydrogens (tertiary/aromatic N) is 1. The van der Waals surface area contributed by atoms with Crippen molar-refractivity contribution in [2.75, 3.05) is 6.54 Å². The summed E-state index contributed by atoms with van der Waals surface area (Å²) < 4.78 is 87.7. The zero-order valence-electron chi connectivity index (χ0n) is 13.1. The molecule has 0 spiro atoms. The highest BCUT2D eigenvalue weighted by molar-refractivity contribution is 5.84. The largest absolute Gasteiger partial charge is 0.507 e. The molecule has 0 saturated carbocycles. The zero-order valence-corrected chi connectivity index (χ0v) is 13.1. The minimum Gasteiger partial charge on any atom is -0.507 e. The molecule has 0 aliphatic heterocycles. The van der Waals surface area contributed by atoms with E-state index in [1.54, 1.807) is 26.8 Å². The second-order valence-electron chi connectivity index (χ2n) is 6.24. The first kappa shape index (κ1) is 20.2. The van der Waals surface area contributed by atoms with Crippen LogP contribution in [-0.4, -0.2) is 35.9 Å². The van der Waals surface area contributed by atoms with Gasteiger partial charge >= 0.3 is 18.0 Å². The Labute approximate surface area is 134 Å². The maximum atomic E-state index is 13.1. The molecule has 0 heterocycles. The van der Waals surface area contributed by atoms with Crippen molar-refractivity contribution in [2.45, 2.75) is 44.2 Å². The SMILES string of the molecule is CC(C)(C)c1cccc(C=NCC(F)(F)C(F)(F)C(F)(F)F)c1O. The summed E-state index contributed by atoms with van der Waals surface area (Å²) in [5.74, 6) is -11.9. The molecule has 0 unspecified atom stereocenters. The molecule has 0 fully saturated rings. The summed E-state index contributed by atoms with van der Waals surface area (Å²) in [7, 11) is 0. The molecular weight excluding hydrogens is 343 g/mol. The van der Waals surface area contributed by atoms with Crippen molar-refractivity contribution in [3.05, 3.63) is 29.3 Å². The molecule has 136 valence electrons. The number of aromatic hydroxyl groups is 1. The summed E-state index contributed by atoms with van der Waals surface area (Å²) in [4.78, 5) is 2.96. The molecule has 0 amide bonds. The highest BCUT2D eigenvalue weighted by atomic mass is 19.4. The second-order valence-corrected chi connectivity index (χ2v) is 6.24. The van der Waals surface area contributed by atoms with E-state index in [2.05, 4.69) is 4.99 Å². The quantitative estimate of drug-likeness (QED) is 0.599. The van der Waals surface area contributed by atoms with Crippen LogP contribution in [0.1, 0.15) is 31.9 Å². The van der Waals surface area contributed by atoms with Crippen LogP contribution in [0.3, 0.4) is 0 Å². The van der Waals surface area contributed by atoms with E-state index in [0.717, 1.165) is 0 Å². The number of benzene rings is 1. The van der Waals surface area contributed by atoms with E-state index in [1.807, 2.05) is 0 Å². The first-order valence-corrected chi connectivity index (χ1v) is 6.76. The fourth-order valence-electron chi connectivity index (χ4n) is 1.84. The highest BCUT2D eigenvalue weighted by Gasteiger charge is 2.72. The molecule has 0 bridgehead atoms. The minimum absolute atomic E-state index is 0.0615. The third-order valence-corrected chi connectivity index (χ3v) is 3.21. The van der Waals surface area contributed by atoms with Gasteiger partial charge in [-0.1, -0.05) is 32.9 Å². The minimum atomic E-state index is -6.39. The molecule has 0 aliphatic rings. The van der Waals surface area contributed by atoms with Crippen molar-refractivity contribution in [1.82, 2.24) is 0 Å². The Balaban J connectivity index is 3.04. The lowest BCUT2D eigenvalue weighted by molar-refractivity contribution is -0.351. The second kappa shape index (κ2) is 6.25. The Morgan fingerprint density at radius 3 is 2.00 bits per heavy atom. The Kier molecular flexibility index (Phi) is 5.27. The van der Waals surface area contributed by atoms with Gasteiger partial charge in [-0.25, -0.2) is 0 Å². The number of alkyl halides is 7. The first-order chi connectivity index (χ1) is 10.6. The van der Waals surface area contributed by atoms with Crippen molar-refractivity contribution < 1.29 is 35.8 Å². The number of hydrogen-bond donors (Lipinski definition) is 1. The van der Waals surface area contributed by atoms with Crippen LogP contribution in [0.15, 0.2) is 23.2 Å². The van der Waals surface area contributed by atoms with Gasteiger partial charge in [0.05, 0.1) is 0 Å². The molecule has 2 nitrogen and oxygen atoms in total. The Morgan fingerprint density at radius 1 is 1.00 bits per heavy atom. The summed E-state index contributed by atoms with van der Waals surface area (Å²) in [5.41, 5.74) is -0.117. The molecular formula is C15H16F7NO. The van der Waals surface area contributed by atoms with Gasteiger partial charge in [0, 0.05) is 11.8 Å². The summed E-state index contributed by atoms with van der Waals surface area (Å²) in [6, 6.07) is 4.32. The normalized spacial score (nSPS) is 14.4. The molecule has 24 heavy (non-hydrogen) atoms. The van der Waals surface area contributed by atoms with Gasteiger partial charge in [-0.2, -0.15) is 30.7 Å². The topological polar surface area (TPSA) is 32.6 Å². The standard InChI is InChI=1S/C15H16F7NO/c1-12(2,3)10-6-4-5-9(11(10)24)7-23-8-13(16,17)14(18,19)15(20,21)22/h4-7,24H,8H2,1-3H3. The van der Waals surface area contributed by atoms with Crippen molar-refractivity contribution in [2.24, 2.45) is 4.99 Å². The van der Waals surface area contributed by atoms with E-state index in [9.17, 15) is 35.8 Å². The summed E-state index contributed by atoms with van der Waals surface area (Å²) in [6.07, 6.45) is -5.74. The van der Waals surface area contributed by atoms with Crippen molar-refractivity contribution >= 4 is 6.21 Å². The van der Waals surface area contributed by atoms with Crippen LogP contribution in [0.5, 0.6) is 5.75 Å². The summed E-state index contributed by atoms with van der Waals surface area (Å²) >= 11 is 0. The predicted molar refractivity (Wildman–Crippen MR) is 75.2 cm³/mol. The van der Waals surface area contributed by atoms with Crippen molar-refractivity contribution in [1.29, 1.82) is 0 Å². The molecule has 1 N–H and O–H groups in total. The Morgan fingerprint density at radius 2 is 1.54 bits per heavy atom. The molecule has 0 saturated heterocycles. The molecule has 9 heteroatoms. The molecule has 0 aromatic heterocycles. The van der Waals surface area contributed by atoms with Crippen LogP contribution < -0.4 is 0 Å². The number of phenolic OH excluding ortho intramolecular Hbond substituents is 1. The van der Waals surface area contributed by atoms with Crippen LogP contribution in [-0.2, 0) is 5.41 Å². The first-order valence-electron chi connectivity index (χ1n) is 6.76. The van der Waals surface area contributed by atoms with E-state index in [1.165, 1.54) is 12.1 Å². The van der Waals surface area contributed by atoms with Gasteiger partial charge in [0.25, 0.3) is 0 Å². The van der Waals surface area contributed by atoms with E-state index >= 15 is 0 Å².